The zero-order valence-electron chi connectivity index (χ0n) is 43.8. The quantitative estimate of drug-likeness (QED) is 0.0225. The molecule has 0 aliphatic rings. The highest BCUT2D eigenvalue weighted by Gasteiger charge is 2.32. The molecule has 0 amide bonds. The lowest BCUT2D eigenvalue weighted by Crippen LogP contribution is -2.04. The number of nitrogen functional groups attached to an aromatic ring is 1. The topological polar surface area (TPSA) is 639 Å². The molecule has 0 radical (unpaired) electrons. The van der Waals surface area contributed by atoms with Crippen molar-refractivity contribution in [2.75, 3.05) is 20.0 Å². The molecule has 46 heteroatoms. The van der Waals surface area contributed by atoms with Gasteiger partial charge in [-0.3, -0.25) is 36.4 Å². The van der Waals surface area contributed by atoms with Crippen molar-refractivity contribution >= 4 is 164 Å². The zero-order chi connectivity index (χ0) is 67.1. The number of hydrogen-bond donors (Lipinski definition) is 12. The fourth-order valence-corrected chi connectivity index (χ4v) is 13.4. The molecule has 0 atom stereocenters. The number of ether oxygens (including phenoxy) is 2. The van der Waals surface area contributed by atoms with E-state index in [-0.39, 0.29) is 17.6 Å². The predicted octanol–water partition coefficient (Wildman–Crippen LogP) is 7.50. The van der Waals surface area contributed by atoms with Crippen molar-refractivity contribution in [3.8, 4) is 28.7 Å². The molecule has 90 heavy (non-hydrogen) atoms. The molecule has 8 aromatic rings. The van der Waals surface area contributed by atoms with Crippen molar-refractivity contribution in [3.63, 3.8) is 0 Å². The monoisotopic (exact) mass is 1410 g/mol. The fourth-order valence-electron chi connectivity index (χ4n) is 8.22. The van der Waals surface area contributed by atoms with E-state index >= 15 is 0 Å². The van der Waals surface area contributed by atoms with Crippen LogP contribution < -0.4 is 15.2 Å². The molecule has 0 aliphatic carbocycles. The number of benzene rings is 8. The van der Waals surface area contributed by atoms with Gasteiger partial charge in [-0.2, -0.15) is 67.3 Å². The SMILES string of the molecule is COc1ccc(/N=N\c2c(S(=O)(=O)O)cc3cc(S(=O)(=O)O)c(/N=N\c4cc(S(=O)(=O)O)c5cc(S(=O)(=O)O)c(/N=N\c6cc7c(O)c(/N=N\c8ccc(OC)cc8S(=O)(=O)O)c(S(=O)(=O)O)cc7cc6S(=O)(=O)O)c(O)c5c4N)cc3c2O)c(S(=O)(=O)O)c1. The third-order valence-corrected chi connectivity index (χ3v) is 19.2. The number of azo groups is 4. The number of hydrogen-bond acceptors (Lipinski definition) is 30. The van der Waals surface area contributed by atoms with Gasteiger partial charge >= 0.3 is 0 Å². The molecular weight excluding hydrogens is 1380 g/mol. The van der Waals surface area contributed by atoms with Crippen LogP contribution in [0.15, 0.2) is 165 Å². The first kappa shape index (κ1) is 67.0. The second kappa shape index (κ2) is 23.1. The van der Waals surface area contributed by atoms with Gasteiger partial charge in [0.2, 0.25) is 0 Å². The van der Waals surface area contributed by atoms with E-state index in [1.165, 1.54) is 0 Å². The van der Waals surface area contributed by atoms with E-state index in [9.17, 15) is 119 Å². The first-order chi connectivity index (χ1) is 41.2. The van der Waals surface area contributed by atoms with Crippen LogP contribution in [-0.2, 0) is 80.9 Å². The third-order valence-electron chi connectivity index (χ3n) is 12.2. The summed E-state index contributed by atoms with van der Waals surface area (Å²) in [4.78, 5) is -10.6. The lowest BCUT2D eigenvalue weighted by atomic mass is 10.0. The summed E-state index contributed by atoms with van der Waals surface area (Å²) in [6, 6.07) is 8.58. The third kappa shape index (κ3) is 13.5. The molecule has 0 saturated heterocycles. The van der Waals surface area contributed by atoms with Gasteiger partial charge < -0.3 is 30.5 Å². The largest absolute Gasteiger partial charge is 0.505 e. The first-order valence-corrected chi connectivity index (χ1v) is 34.4. The Kier molecular flexibility index (Phi) is 17.2. The Balaban J connectivity index is 1.34. The van der Waals surface area contributed by atoms with E-state index in [2.05, 4.69) is 40.9 Å². The molecule has 0 bridgehead atoms. The number of nitrogens with two attached hydrogens (primary N) is 1. The highest BCUT2D eigenvalue weighted by Crippen LogP contribution is 2.51. The normalized spacial score (nSPS) is 13.5. The molecule has 8 rings (SSSR count). The summed E-state index contributed by atoms with van der Waals surface area (Å²) in [6.07, 6.45) is 0. The first-order valence-electron chi connectivity index (χ1n) is 22.9. The van der Waals surface area contributed by atoms with Crippen molar-refractivity contribution in [3.05, 3.63) is 84.9 Å². The summed E-state index contributed by atoms with van der Waals surface area (Å²) < 4.78 is 293. The zero-order valence-corrected chi connectivity index (χ0v) is 50.3. The van der Waals surface area contributed by atoms with Gasteiger partial charge in [0.1, 0.15) is 96.2 Å². The summed E-state index contributed by atoms with van der Waals surface area (Å²) in [5.41, 5.74) is -3.66. The lowest BCUT2D eigenvalue weighted by Gasteiger charge is -2.15. The lowest BCUT2D eigenvalue weighted by molar-refractivity contribution is 0.412. The number of nitrogens with zero attached hydrogens (tertiary/aromatic N) is 8. The van der Waals surface area contributed by atoms with Crippen LogP contribution in [0.5, 0.6) is 28.7 Å². The summed E-state index contributed by atoms with van der Waals surface area (Å²) in [5, 5.41) is 58.0. The average molecular weight is 1410 g/mol. The van der Waals surface area contributed by atoms with Gasteiger partial charge in [0.25, 0.3) is 80.9 Å². The Labute approximate surface area is 503 Å². The van der Waals surface area contributed by atoms with Crippen LogP contribution >= 0.6 is 0 Å². The smallest absolute Gasteiger partial charge is 0.296 e. The van der Waals surface area contributed by atoms with Crippen molar-refractivity contribution in [1.82, 2.24) is 0 Å². The Bertz CT molecular complexity index is 5610. The van der Waals surface area contributed by atoms with Crippen LogP contribution in [0, 0.1) is 0 Å². The highest BCUT2D eigenvalue weighted by molar-refractivity contribution is 7.88. The van der Waals surface area contributed by atoms with Gasteiger partial charge in [0.05, 0.1) is 25.3 Å². The molecule has 0 saturated carbocycles. The van der Waals surface area contributed by atoms with E-state index in [0.717, 1.165) is 50.6 Å². The van der Waals surface area contributed by atoms with Gasteiger partial charge in [-0.1, -0.05) is 0 Å². The van der Waals surface area contributed by atoms with Crippen molar-refractivity contribution in [1.29, 1.82) is 0 Å². The summed E-state index contributed by atoms with van der Waals surface area (Å²) in [5.74, 6) is -4.72. The number of phenolic OH excluding ortho intramolecular Hbond substituents is 3. The second-order valence-corrected chi connectivity index (χ2v) is 28.9. The second-order valence-electron chi connectivity index (χ2n) is 17.8. The molecule has 0 unspecified atom stereocenters. The summed E-state index contributed by atoms with van der Waals surface area (Å²) in [7, 11) is -42.1. The van der Waals surface area contributed by atoms with Crippen molar-refractivity contribution in [2.45, 2.75) is 39.2 Å². The van der Waals surface area contributed by atoms with Crippen molar-refractivity contribution < 1.29 is 129 Å². The molecule has 0 aliphatic heterocycles. The molecule has 0 spiro atoms. The van der Waals surface area contributed by atoms with Crippen LogP contribution in [0.1, 0.15) is 0 Å². The Morgan fingerprint density at radius 3 is 0.944 bits per heavy atom. The molecule has 13 N–H and O–H groups in total. The van der Waals surface area contributed by atoms with E-state index in [0.29, 0.717) is 42.5 Å². The maximum Gasteiger partial charge on any atom is 0.296 e. The van der Waals surface area contributed by atoms with Gasteiger partial charge in [0.15, 0.2) is 17.2 Å². The van der Waals surface area contributed by atoms with Gasteiger partial charge in [-0.15, -0.1) is 40.9 Å². The Morgan fingerprint density at radius 1 is 0.311 bits per heavy atom. The molecule has 0 fully saturated rings. The Hall–Kier alpha value is -8.98. The van der Waals surface area contributed by atoms with Crippen LogP contribution in [0.25, 0.3) is 32.3 Å². The minimum Gasteiger partial charge on any atom is -0.505 e. The van der Waals surface area contributed by atoms with E-state index < -0.39 is 221 Å². The van der Waals surface area contributed by atoms with Gasteiger partial charge in [0, 0.05) is 28.3 Å². The van der Waals surface area contributed by atoms with Gasteiger partial charge in [-0.25, -0.2) is 0 Å². The Morgan fingerprint density at radius 2 is 0.600 bits per heavy atom. The molecule has 0 aromatic heterocycles. The fraction of sp³-hybridized carbons (Fsp3) is 0.0455. The molecule has 8 aromatic carbocycles. The number of phenols is 3. The minimum absolute atomic E-state index is 0.151. The average Bonchev–Trinajstić information content (AvgIpc) is 0.766. The summed E-state index contributed by atoms with van der Waals surface area (Å²) in [6.45, 7) is 0. The molecule has 476 valence electrons. The maximum absolute atomic E-state index is 13.0. The van der Waals surface area contributed by atoms with Crippen molar-refractivity contribution in [2.24, 2.45) is 40.9 Å². The number of rotatable bonds is 18. The van der Waals surface area contributed by atoms with E-state index in [1.54, 1.807) is 0 Å². The van der Waals surface area contributed by atoms with Gasteiger partial charge in [-0.05, 0) is 83.6 Å². The number of anilines is 1. The molecular formula is C44H33N9O29S8. The van der Waals surface area contributed by atoms with Crippen LogP contribution in [0.4, 0.5) is 51.2 Å². The number of aromatic hydroxyl groups is 3. The van der Waals surface area contributed by atoms with Crippen LogP contribution in [0.2, 0.25) is 0 Å². The number of methoxy groups -OCH3 is 2. The predicted molar refractivity (Wildman–Crippen MR) is 302 cm³/mol. The molecule has 0 heterocycles. The van der Waals surface area contributed by atoms with Crippen LogP contribution in [-0.4, -0.2) is 133 Å². The standard InChI is InChI=1S/C44H33N9O29S8/c1-81-19-3-5-24(32(11-19)86(66,67)68)46-51-39-34(88(72,73)74)9-17-7-30(84(60,61)62)26(13-21(17)42(39)54)48-50-28-16-29(83(57,58)59)23-15-36(90(78,79)80)41(44(56)37(23)38(28)45)53-49-27-14-22-18(8-31(27)85(63,64)65)10-35(89(75,76)77)40(43(22)55)52-47-25-6-4-20(82-2)12-33(25)87(69,70)71/h3-16,54-56H,45H2,1-2H3,(H,57,58,59)(H,60,61,62)(H,63,64,65)(H,66,67,68)(H,69,70,71)(H,72,73,74)(H,75,76,77)(H,78,79,80)/b50-48-,51-46-,52-47-,53-49-. The van der Waals surface area contributed by atoms with Crippen LogP contribution in [0.3, 0.4) is 0 Å². The van der Waals surface area contributed by atoms with E-state index in [1.807, 2.05) is 0 Å². The minimum atomic E-state index is -5.86. The summed E-state index contributed by atoms with van der Waals surface area (Å²) >= 11 is 0. The highest BCUT2D eigenvalue weighted by atomic mass is 32.2. The number of fused-ring (bicyclic) bond motifs is 3. The molecule has 38 nitrogen and oxygen atoms in total. The van der Waals surface area contributed by atoms with E-state index in [4.69, 9.17) is 15.2 Å². The maximum atomic E-state index is 13.0.